The molecular weight excluding hydrogens is 219 g/mol. The molecule has 1 aromatic carbocycles. The summed E-state index contributed by atoms with van der Waals surface area (Å²) in [4.78, 5) is 11.4. The minimum atomic E-state index is -1.62. The third kappa shape index (κ3) is 2.74. The highest BCUT2D eigenvalue weighted by molar-refractivity contribution is 5.94. The van der Waals surface area contributed by atoms with Gasteiger partial charge in [0, 0.05) is 6.54 Å². The van der Waals surface area contributed by atoms with Crippen molar-refractivity contribution < 1.29 is 18.0 Å². The molecule has 16 heavy (non-hydrogen) atoms. The monoisotopic (exact) mass is 231 g/mol. The maximum Gasteiger partial charge on any atom is 0.254 e. The van der Waals surface area contributed by atoms with Crippen molar-refractivity contribution >= 4 is 5.91 Å². The fourth-order valence-corrected chi connectivity index (χ4v) is 1.18. The number of amides is 1. The van der Waals surface area contributed by atoms with Gasteiger partial charge in [0.25, 0.3) is 5.91 Å². The fraction of sp³-hybridized carbons (Fsp3) is 0.364. The van der Waals surface area contributed by atoms with E-state index in [2.05, 4.69) is 5.32 Å². The van der Waals surface area contributed by atoms with E-state index in [4.69, 9.17) is 0 Å². The Kier molecular flexibility index (Phi) is 4.34. The van der Waals surface area contributed by atoms with Crippen LogP contribution in [0.15, 0.2) is 12.1 Å². The maximum atomic E-state index is 13.1. The molecule has 0 unspecified atom stereocenters. The van der Waals surface area contributed by atoms with Crippen LogP contribution < -0.4 is 5.32 Å². The third-order valence-corrected chi connectivity index (χ3v) is 2.10. The van der Waals surface area contributed by atoms with E-state index in [9.17, 15) is 18.0 Å². The van der Waals surface area contributed by atoms with E-state index in [1.54, 1.807) is 0 Å². The second-order valence-corrected chi connectivity index (χ2v) is 3.33. The average Bonchev–Trinajstić information content (AvgIpc) is 2.26. The van der Waals surface area contributed by atoms with Gasteiger partial charge >= 0.3 is 0 Å². The Morgan fingerprint density at radius 1 is 1.25 bits per heavy atom. The Morgan fingerprint density at radius 2 is 1.94 bits per heavy atom. The van der Waals surface area contributed by atoms with Gasteiger partial charge < -0.3 is 5.32 Å². The van der Waals surface area contributed by atoms with Crippen LogP contribution in [-0.2, 0) is 0 Å². The number of unbranched alkanes of at least 4 members (excludes halogenated alkanes) is 1. The molecule has 0 atom stereocenters. The number of hydrogen-bond donors (Lipinski definition) is 1. The molecule has 0 fully saturated rings. The van der Waals surface area contributed by atoms with E-state index in [1.165, 1.54) is 0 Å². The molecule has 5 heteroatoms. The number of nitrogens with one attached hydrogen (secondary N) is 1. The second kappa shape index (κ2) is 5.53. The molecule has 0 spiro atoms. The SMILES string of the molecule is CCCCNC(=O)c1ccc(F)c(F)c1F. The van der Waals surface area contributed by atoms with Gasteiger partial charge in [0.15, 0.2) is 17.5 Å². The van der Waals surface area contributed by atoms with Gasteiger partial charge in [-0.2, -0.15) is 0 Å². The lowest BCUT2D eigenvalue weighted by Crippen LogP contribution is -2.25. The average molecular weight is 231 g/mol. The van der Waals surface area contributed by atoms with Crippen molar-refractivity contribution in [2.24, 2.45) is 0 Å². The summed E-state index contributed by atoms with van der Waals surface area (Å²) >= 11 is 0. The minimum absolute atomic E-state index is 0.383. The van der Waals surface area contributed by atoms with E-state index in [-0.39, 0.29) is 0 Å². The number of halogens is 3. The summed E-state index contributed by atoms with van der Waals surface area (Å²) in [5.74, 6) is -5.11. The molecule has 0 aliphatic heterocycles. The number of hydrogen-bond acceptors (Lipinski definition) is 1. The number of carbonyl (C=O) groups is 1. The molecule has 2 nitrogen and oxygen atoms in total. The molecule has 1 N–H and O–H groups in total. The summed E-state index contributed by atoms with van der Waals surface area (Å²) in [5.41, 5.74) is -0.477. The molecule has 0 aliphatic carbocycles. The van der Waals surface area contributed by atoms with Gasteiger partial charge in [-0.3, -0.25) is 4.79 Å². The van der Waals surface area contributed by atoms with E-state index >= 15 is 0 Å². The summed E-state index contributed by atoms with van der Waals surface area (Å²) in [5, 5.41) is 2.42. The molecule has 1 rings (SSSR count). The first-order valence-corrected chi connectivity index (χ1v) is 4.99. The first kappa shape index (κ1) is 12.5. The van der Waals surface area contributed by atoms with Crippen LogP contribution in [0.2, 0.25) is 0 Å². The van der Waals surface area contributed by atoms with Gasteiger partial charge in [-0.1, -0.05) is 13.3 Å². The van der Waals surface area contributed by atoms with E-state index in [0.29, 0.717) is 6.54 Å². The number of rotatable bonds is 4. The molecule has 0 saturated heterocycles. The van der Waals surface area contributed by atoms with Crippen LogP contribution in [0, 0.1) is 17.5 Å². The predicted octanol–water partition coefficient (Wildman–Crippen LogP) is 2.63. The van der Waals surface area contributed by atoms with Crippen molar-refractivity contribution in [3.8, 4) is 0 Å². The molecule has 0 aromatic heterocycles. The lowest BCUT2D eigenvalue weighted by molar-refractivity contribution is 0.0948. The van der Waals surface area contributed by atoms with Crippen molar-refractivity contribution in [1.29, 1.82) is 0 Å². The zero-order valence-electron chi connectivity index (χ0n) is 8.82. The zero-order valence-corrected chi connectivity index (χ0v) is 8.82. The molecule has 1 aromatic rings. The van der Waals surface area contributed by atoms with Crippen LogP contribution >= 0.6 is 0 Å². The van der Waals surface area contributed by atoms with Gasteiger partial charge in [0.2, 0.25) is 0 Å². The highest BCUT2D eigenvalue weighted by Crippen LogP contribution is 2.14. The van der Waals surface area contributed by atoms with Crippen molar-refractivity contribution in [1.82, 2.24) is 5.32 Å². The quantitative estimate of drug-likeness (QED) is 0.626. The first-order valence-electron chi connectivity index (χ1n) is 4.99. The lowest BCUT2D eigenvalue weighted by Gasteiger charge is -2.05. The topological polar surface area (TPSA) is 29.1 Å². The van der Waals surface area contributed by atoms with Crippen molar-refractivity contribution in [3.05, 3.63) is 35.1 Å². The molecule has 1 amide bonds. The van der Waals surface area contributed by atoms with Crippen molar-refractivity contribution in [2.75, 3.05) is 6.54 Å². The van der Waals surface area contributed by atoms with E-state index < -0.39 is 28.9 Å². The van der Waals surface area contributed by atoms with E-state index in [1.807, 2.05) is 6.92 Å². The van der Waals surface area contributed by atoms with Crippen LogP contribution in [0.4, 0.5) is 13.2 Å². The number of carbonyl (C=O) groups excluding carboxylic acids is 1. The van der Waals surface area contributed by atoms with Crippen LogP contribution in [0.5, 0.6) is 0 Å². The molecule has 0 aliphatic rings. The lowest BCUT2D eigenvalue weighted by atomic mass is 10.2. The molecule has 0 radical (unpaired) electrons. The highest BCUT2D eigenvalue weighted by Gasteiger charge is 2.18. The highest BCUT2D eigenvalue weighted by atomic mass is 19.2. The van der Waals surface area contributed by atoms with Gasteiger partial charge in [0.1, 0.15) is 0 Å². The van der Waals surface area contributed by atoms with Gasteiger partial charge in [-0.05, 0) is 18.6 Å². The van der Waals surface area contributed by atoms with Crippen molar-refractivity contribution in [3.63, 3.8) is 0 Å². The molecule has 0 saturated carbocycles. The van der Waals surface area contributed by atoms with Crippen LogP contribution in [0.25, 0.3) is 0 Å². The van der Waals surface area contributed by atoms with E-state index in [0.717, 1.165) is 25.0 Å². The summed E-state index contributed by atoms with van der Waals surface area (Å²) in [6, 6.07) is 1.65. The van der Waals surface area contributed by atoms with Gasteiger partial charge in [-0.25, -0.2) is 13.2 Å². The first-order chi connectivity index (χ1) is 7.57. The Balaban J connectivity index is 2.80. The predicted molar refractivity (Wildman–Crippen MR) is 53.6 cm³/mol. The fourth-order valence-electron chi connectivity index (χ4n) is 1.18. The Labute approximate surface area is 91.5 Å². The van der Waals surface area contributed by atoms with Gasteiger partial charge in [-0.15, -0.1) is 0 Å². The van der Waals surface area contributed by atoms with Crippen molar-refractivity contribution in [2.45, 2.75) is 19.8 Å². The second-order valence-electron chi connectivity index (χ2n) is 3.33. The smallest absolute Gasteiger partial charge is 0.254 e. The van der Waals surface area contributed by atoms with Crippen LogP contribution in [0.1, 0.15) is 30.1 Å². The minimum Gasteiger partial charge on any atom is -0.352 e. The Hall–Kier alpha value is -1.52. The zero-order chi connectivity index (χ0) is 12.1. The molecular formula is C11H12F3NO. The number of benzene rings is 1. The van der Waals surface area contributed by atoms with Crippen LogP contribution in [-0.4, -0.2) is 12.5 Å². The normalized spacial score (nSPS) is 10.2. The Morgan fingerprint density at radius 3 is 2.56 bits per heavy atom. The molecule has 0 heterocycles. The molecule has 88 valence electrons. The third-order valence-electron chi connectivity index (χ3n) is 2.10. The largest absolute Gasteiger partial charge is 0.352 e. The molecule has 0 bridgehead atoms. The summed E-state index contributed by atoms with van der Waals surface area (Å²) in [6.45, 7) is 2.32. The Bertz CT molecular complexity index is 393. The van der Waals surface area contributed by atoms with Crippen LogP contribution in [0.3, 0.4) is 0 Å². The maximum absolute atomic E-state index is 13.1. The summed E-state index contributed by atoms with van der Waals surface area (Å²) in [7, 11) is 0. The summed E-state index contributed by atoms with van der Waals surface area (Å²) < 4.78 is 38.5. The van der Waals surface area contributed by atoms with Gasteiger partial charge in [0.05, 0.1) is 5.56 Å². The standard InChI is InChI=1S/C11H12F3NO/c1-2-3-6-15-11(16)7-4-5-8(12)10(14)9(7)13/h4-5H,2-3,6H2,1H3,(H,15,16). The summed E-state index contributed by atoms with van der Waals surface area (Å²) in [6.07, 6.45) is 1.62.